The van der Waals surface area contributed by atoms with E-state index >= 15 is 0 Å². The minimum atomic E-state index is -0.821. The third-order valence-corrected chi connectivity index (χ3v) is 6.83. The molecule has 0 atom stereocenters. The molecule has 0 saturated carbocycles. The first-order valence-electron chi connectivity index (χ1n) is 12.8. The van der Waals surface area contributed by atoms with E-state index in [4.69, 9.17) is 5.84 Å². The Morgan fingerprint density at radius 3 is 2.56 bits per heavy atom. The highest BCUT2D eigenvalue weighted by atomic mass is 19.1. The highest BCUT2D eigenvalue weighted by Crippen LogP contribution is 2.32. The molecule has 1 aliphatic rings. The number of fused-ring (bicyclic) bond motifs is 1. The zero-order valence-corrected chi connectivity index (χ0v) is 22.7. The average molecular weight is 557 g/mol. The Hall–Kier alpha value is -5.17. The molecule has 0 unspecified atom stereocenters. The second-order valence-corrected chi connectivity index (χ2v) is 9.58. The number of Topliss-reactive ketones (excluding diaryl/α,β-unsaturated/α-hetero) is 1. The number of nitrogens with one attached hydrogen (secondary N) is 1. The van der Waals surface area contributed by atoms with Crippen LogP contribution in [0.25, 0.3) is 22.2 Å². The molecule has 4 aromatic rings. The van der Waals surface area contributed by atoms with E-state index in [0.717, 1.165) is 28.2 Å². The van der Waals surface area contributed by atoms with Crippen LogP contribution in [0, 0.1) is 5.82 Å². The van der Waals surface area contributed by atoms with Crippen LogP contribution in [-0.4, -0.2) is 83.7 Å². The van der Waals surface area contributed by atoms with Gasteiger partial charge in [0.1, 0.15) is 5.69 Å². The summed E-state index contributed by atoms with van der Waals surface area (Å²) in [5.41, 5.74) is 2.64. The maximum atomic E-state index is 14.9. The number of aromatic nitrogens is 4. The fraction of sp³-hybridized carbons (Fsp3) is 0.214. The van der Waals surface area contributed by atoms with Gasteiger partial charge >= 0.3 is 0 Å². The van der Waals surface area contributed by atoms with Gasteiger partial charge in [-0.25, -0.2) is 15.2 Å². The number of nitrogens with zero attached hydrogens (tertiary/aromatic N) is 8. The maximum absolute atomic E-state index is 14.9. The van der Waals surface area contributed by atoms with Crippen LogP contribution in [0.3, 0.4) is 0 Å². The van der Waals surface area contributed by atoms with Gasteiger partial charge in [0.05, 0.1) is 28.4 Å². The quantitative estimate of drug-likeness (QED) is 0.110. The second-order valence-electron chi connectivity index (χ2n) is 9.58. The van der Waals surface area contributed by atoms with Crippen molar-refractivity contribution in [1.29, 1.82) is 0 Å². The van der Waals surface area contributed by atoms with Crippen molar-refractivity contribution in [2.75, 3.05) is 55.1 Å². The molecule has 0 bridgehead atoms. The summed E-state index contributed by atoms with van der Waals surface area (Å²) in [4.78, 5) is 42.5. The van der Waals surface area contributed by atoms with Gasteiger partial charge in [0.15, 0.2) is 17.5 Å². The molecule has 210 valence electrons. The van der Waals surface area contributed by atoms with E-state index in [-0.39, 0.29) is 22.3 Å². The fourth-order valence-corrected chi connectivity index (χ4v) is 4.70. The lowest BCUT2D eigenvalue weighted by Crippen LogP contribution is -2.50. The number of H-pyrrole nitrogens is 1. The number of carbonyl (C=O) groups excluding carboxylic acids is 2. The lowest BCUT2D eigenvalue weighted by atomic mass is 10.1. The number of rotatable bonds is 8. The number of hydrogen-bond donors (Lipinski definition) is 2. The molecule has 41 heavy (non-hydrogen) atoms. The SMILES string of the molecule is C=N/C=C\N(N)c1ncc(F)c2c(C(=O)C(=O)N3CCN(c4cc(N(C)C)nnc4-c4ccccc4)CC3)c[nH]c12. The van der Waals surface area contributed by atoms with Gasteiger partial charge in [-0.15, -0.1) is 10.2 Å². The summed E-state index contributed by atoms with van der Waals surface area (Å²) in [6.45, 7) is 4.88. The van der Waals surface area contributed by atoms with E-state index < -0.39 is 17.5 Å². The number of amides is 1. The van der Waals surface area contributed by atoms with Crippen LogP contribution < -0.4 is 20.7 Å². The van der Waals surface area contributed by atoms with Crippen molar-refractivity contribution in [2.24, 2.45) is 10.8 Å². The van der Waals surface area contributed by atoms with Crippen molar-refractivity contribution in [3.63, 3.8) is 0 Å². The molecule has 3 aromatic heterocycles. The standard InChI is InChI=1S/C28H29FN10O2/c1-31-9-10-39(30)27-25-23(20(29)17-33-27)19(16-32-25)26(40)28(41)38-13-11-37(12-14-38)21-15-22(36(2)3)34-35-24(21)18-7-5-4-6-8-18/h4-10,15-17,32H,1,11-14,30H2,2-3H3/b10-9-. The lowest BCUT2D eigenvalue weighted by molar-refractivity contribution is -0.126. The Kier molecular flexibility index (Phi) is 7.70. The highest BCUT2D eigenvalue weighted by Gasteiger charge is 2.31. The molecule has 1 saturated heterocycles. The van der Waals surface area contributed by atoms with Crippen molar-refractivity contribution in [3.8, 4) is 11.3 Å². The Bertz CT molecular complexity index is 1630. The molecule has 1 fully saturated rings. The number of carbonyl (C=O) groups is 2. The topological polar surface area (TPSA) is 140 Å². The minimum Gasteiger partial charge on any atom is -0.366 e. The zero-order valence-electron chi connectivity index (χ0n) is 22.7. The molecular weight excluding hydrogens is 527 g/mol. The monoisotopic (exact) mass is 556 g/mol. The largest absolute Gasteiger partial charge is 0.366 e. The van der Waals surface area contributed by atoms with E-state index in [1.165, 1.54) is 23.5 Å². The van der Waals surface area contributed by atoms with Gasteiger partial charge in [-0.05, 0) is 6.72 Å². The van der Waals surface area contributed by atoms with Crippen LogP contribution in [0.4, 0.5) is 21.7 Å². The van der Waals surface area contributed by atoms with Crippen LogP contribution in [-0.2, 0) is 4.79 Å². The van der Waals surface area contributed by atoms with Crippen LogP contribution in [0.15, 0.2) is 66.2 Å². The molecule has 3 N–H and O–H groups in total. The summed E-state index contributed by atoms with van der Waals surface area (Å²) >= 11 is 0. The van der Waals surface area contributed by atoms with E-state index in [0.29, 0.717) is 32.0 Å². The van der Waals surface area contributed by atoms with E-state index in [1.54, 1.807) is 0 Å². The third-order valence-electron chi connectivity index (χ3n) is 6.83. The third kappa shape index (κ3) is 5.34. The molecule has 0 spiro atoms. The van der Waals surface area contributed by atoms with Crippen LogP contribution in [0.1, 0.15) is 10.4 Å². The average Bonchev–Trinajstić information content (AvgIpc) is 3.45. The van der Waals surface area contributed by atoms with E-state index in [1.807, 2.05) is 55.4 Å². The van der Waals surface area contributed by atoms with E-state index in [2.05, 4.69) is 36.8 Å². The number of anilines is 3. The van der Waals surface area contributed by atoms with Gasteiger partial charge in [0.25, 0.3) is 11.7 Å². The van der Waals surface area contributed by atoms with Crippen molar-refractivity contribution in [3.05, 3.63) is 72.6 Å². The molecule has 0 aliphatic carbocycles. The highest BCUT2D eigenvalue weighted by molar-refractivity contribution is 6.45. The number of hydrogen-bond acceptors (Lipinski definition) is 10. The normalized spacial score (nSPS) is 13.6. The number of nitrogens with two attached hydrogens (primary N) is 1. The number of pyridine rings is 1. The van der Waals surface area contributed by atoms with Gasteiger partial charge in [0, 0.05) is 70.5 Å². The second kappa shape index (κ2) is 11.5. The molecule has 1 aromatic carbocycles. The smallest absolute Gasteiger partial charge is 0.295 e. The van der Waals surface area contributed by atoms with Crippen molar-refractivity contribution >= 4 is 46.6 Å². The zero-order chi connectivity index (χ0) is 29.1. The van der Waals surface area contributed by atoms with Crippen molar-refractivity contribution in [2.45, 2.75) is 0 Å². The summed E-state index contributed by atoms with van der Waals surface area (Å²) in [5.74, 6) is 4.54. The summed E-state index contributed by atoms with van der Waals surface area (Å²) in [5, 5.41) is 9.90. The number of piperazine rings is 1. The molecule has 5 rings (SSSR count). The first-order chi connectivity index (χ1) is 19.8. The van der Waals surface area contributed by atoms with Crippen molar-refractivity contribution < 1.29 is 14.0 Å². The fourth-order valence-electron chi connectivity index (χ4n) is 4.70. The number of benzene rings is 1. The molecule has 4 heterocycles. The predicted octanol–water partition coefficient (Wildman–Crippen LogP) is 2.61. The lowest BCUT2D eigenvalue weighted by Gasteiger charge is -2.36. The van der Waals surface area contributed by atoms with Gasteiger partial charge < -0.3 is 19.7 Å². The Morgan fingerprint density at radius 1 is 1.15 bits per heavy atom. The molecule has 13 heteroatoms. The molecule has 0 radical (unpaired) electrons. The Morgan fingerprint density at radius 2 is 1.88 bits per heavy atom. The van der Waals surface area contributed by atoms with Gasteiger partial charge in [-0.2, -0.15) is 0 Å². The summed E-state index contributed by atoms with van der Waals surface area (Å²) in [6.07, 6.45) is 4.97. The van der Waals surface area contributed by atoms with Crippen molar-refractivity contribution in [1.82, 2.24) is 25.1 Å². The number of ketones is 1. The number of aromatic amines is 1. The summed E-state index contributed by atoms with van der Waals surface area (Å²) < 4.78 is 14.9. The van der Waals surface area contributed by atoms with Crippen LogP contribution in [0.2, 0.25) is 0 Å². The molecule has 1 aliphatic heterocycles. The summed E-state index contributed by atoms with van der Waals surface area (Å²) in [6, 6.07) is 11.7. The van der Waals surface area contributed by atoms with Gasteiger partial charge in [0.2, 0.25) is 0 Å². The summed E-state index contributed by atoms with van der Waals surface area (Å²) in [7, 11) is 3.79. The molecule has 1 amide bonds. The number of aliphatic imine (C=N–C) groups is 1. The first kappa shape index (κ1) is 27.4. The Labute approximate surface area is 235 Å². The van der Waals surface area contributed by atoms with Gasteiger partial charge in [-0.1, -0.05) is 30.3 Å². The number of hydrazine groups is 1. The minimum absolute atomic E-state index is 0.0611. The first-order valence-corrected chi connectivity index (χ1v) is 12.8. The maximum Gasteiger partial charge on any atom is 0.295 e. The molecular formula is C28H29FN10O2. The molecule has 12 nitrogen and oxygen atoms in total. The predicted molar refractivity (Wildman–Crippen MR) is 156 cm³/mol. The van der Waals surface area contributed by atoms with Gasteiger partial charge in [-0.3, -0.25) is 19.6 Å². The van der Waals surface area contributed by atoms with E-state index in [9.17, 15) is 14.0 Å². The Balaban J connectivity index is 1.36. The van der Waals surface area contributed by atoms with Crippen LogP contribution >= 0.6 is 0 Å². The number of halogens is 1. The van der Waals surface area contributed by atoms with Crippen LogP contribution in [0.5, 0.6) is 0 Å².